The van der Waals surface area contributed by atoms with E-state index in [1.54, 1.807) is 0 Å². The van der Waals surface area contributed by atoms with Crippen molar-refractivity contribution in [2.45, 2.75) is 6.92 Å². The Bertz CT molecular complexity index is 8790. The van der Waals surface area contributed by atoms with Crippen molar-refractivity contribution < 1.29 is 21.5 Å². The van der Waals surface area contributed by atoms with Crippen LogP contribution >= 0.6 is 20.4 Å². The molecular formula is C134H94IrN4PS-. The summed E-state index contributed by atoms with van der Waals surface area (Å²) in [5.41, 5.74) is 27.3. The van der Waals surface area contributed by atoms with Crippen LogP contribution in [-0.4, -0.2) is 4.98 Å². The molecule has 1 radical (unpaired) electrons. The van der Waals surface area contributed by atoms with E-state index in [2.05, 4.69) is 545 Å². The predicted molar refractivity (Wildman–Crippen MR) is 604 cm³/mol. The van der Waals surface area contributed by atoms with Gasteiger partial charge in [0.2, 0.25) is 0 Å². The van der Waals surface area contributed by atoms with E-state index in [0.29, 0.717) is 0 Å². The van der Waals surface area contributed by atoms with Crippen LogP contribution in [0.15, 0.2) is 540 Å². The zero-order valence-corrected chi connectivity index (χ0v) is 81.6. The number of rotatable bonds is 14. The Morgan fingerprint density at radius 1 is 0.248 bits per heavy atom. The van der Waals surface area contributed by atoms with Gasteiger partial charge in [-0.25, -0.2) is 0 Å². The Hall–Kier alpha value is -16.9. The van der Waals surface area contributed by atoms with Gasteiger partial charge in [0.1, 0.15) is 0 Å². The molecule has 26 rings (SSSR count). The molecule has 0 fully saturated rings. The zero-order valence-electron chi connectivity index (χ0n) is 78.4. The van der Waals surface area contributed by atoms with Crippen molar-refractivity contribution in [1.29, 1.82) is 5.15 Å². The summed E-state index contributed by atoms with van der Waals surface area (Å²) in [5.74, 6) is 0. The van der Waals surface area contributed by atoms with Gasteiger partial charge in [-0.2, -0.15) is 0 Å². The topological polar surface area (TPSA) is 43.2 Å². The smallest absolute Gasteiger partial charge is 0.192 e. The van der Waals surface area contributed by atoms with Crippen LogP contribution in [0.2, 0.25) is 1.41 Å². The summed E-state index contributed by atoms with van der Waals surface area (Å²) in [4.78, 5) is 9.01. The number of anilines is 6. The molecular weight excluding hydrogens is 1920 g/mol. The molecule has 0 unspecified atom stereocenters. The molecule has 671 valence electrons. The third-order valence-electron chi connectivity index (χ3n) is 26.7. The van der Waals surface area contributed by atoms with E-state index < -0.39 is 0 Å². The summed E-state index contributed by atoms with van der Waals surface area (Å²) in [6, 6.07) is 195. The van der Waals surface area contributed by atoms with Gasteiger partial charge in [0.05, 0.1) is 11.4 Å². The average Bonchev–Trinajstić information content (AvgIpc) is 0.883. The molecule has 0 spiro atoms. The maximum atomic E-state index is 5.75. The Morgan fingerprint density at radius 3 is 0.986 bits per heavy atom. The number of benzene rings is 24. The second-order valence-electron chi connectivity index (χ2n) is 35.0. The first-order chi connectivity index (χ1) is 69.8. The number of nitrogens with zero attached hydrogens (tertiary/aromatic N) is 3. The summed E-state index contributed by atoms with van der Waals surface area (Å²) in [5, 5.41) is 25.8. The largest absolute Gasteiger partial charge is 0.310 e. The fourth-order valence-electron chi connectivity index (χ4n) is 20.0. The van der Waals surface area contributed by atoms with Crippen molar-refractivity contribution in [3.8, 4) is 89.1 Å². The van der Waals surface area contributed by atoms with Crippen LogP contribution in [-0.2, 0) is 20.1 Å². The first-order valence-corrected chi connectivity index (χ1v) is 48.7. The molecule has 0 saturated heterocycles. The van der Waals surface area contributed by atoms with Crippen LogP contribution in [0.1, 0.15) is 5.56 Å². The van der Waals surface area contributed by atoms with Gasteiger partial charge in [-0.1, -0.05) is 412 Å². The number of nitrogens with one attached hydrogen (secondary N) is 1. The Morgan fingerprint density at radius 2 is 0.546 bits per heavy atom. The summed E-state index contributed by atoms with van der Waals surface area (Å²) in [6.07, 6.45) is 1.81. The number of aromatic nitrogens is 1. The van der Waals surface area contributed by atoms with E-state index in [0.717, 1.165) is 45.4 Å². The van der Waals surface area contributed by atoms with Crippen LogP contribution in [0, 0.1) is 18.1 Å². The molecule has 0 aliphatic heterocycles. The van der Waals surface area contributed by atoms with Crippen molar-refractivity contribution in [3.63, 3.8) is 0 Å². The molecule has 4 nitrogen and oxygen atoms in total. The van der Waals surface area contributed by atoms with Gasteiger partial charge in [0, 0.05) is 80.0 Å². The SMILES string of the molecule is Cc1cccnc1-c1[c-]cccc1.[2H]N=P.[Ir].c1cc(-c2ccc3c4ccccc4c4ccccc4c3c2)cc(-c2cccc3c2sc2ccccc23)c1.c1ccc(-c2ccc(-c3cccc(-c4cccc(-c5ccc6c7ccccc7c7ccccc7c6c5)c4)c3)cc2)cc1.c1ccc(N(c2ccc(-c3ccc(N(c4ccccc4)c4cccc5ccccc45)cc3)cc2)c2cccc3ccccc23)cc1. The van der Waals surface area contributed by atoms with E-state index >= 15 is 0 Å². The van der Waals surface area contributed by atoms with Crippen molar-refractivity contribution in [3.05, 3.63) is 552 Å². The summed E-state index contributed by atoms with van der Waals surface area (Å²) >= 11 is 1.89. The van der Waals surface area contributed by atoms with Crippen LogP contribution < -0.4 is 9.80 Å². The Balaban J connectivity index is 0.000000117. The second kappa shape index (κ2) is 41.6. The number of thiophene rings is 1. The quantitative estimate of drug-likeness (QED) is 0.0670. The van der Waals surface area contributed by atoms with E-state index in [9.17, 15) is 0 Å². The van der Waals surface area contributed by atoms with Crippen molar-refractivity contribution in [2.24, 2.45) is 0 Å². The summed E-state index contributed by atoms with van der Waals surface area (Å²) in [7, 11) is 2.48. The third kappa shape index (κ3) is 18.6. The Labute approximate surface area is 843 Å². The average molecular weight is 2020 g/mol. The first kappa shape index (κ1) is 89.3. The van der Waals surface area contributed by atoms with Crippen LogP contribution in [0.5, 0.6) is 0 Å². The molecule has 1 N–H and O–H groups in total. The van der Waals surface area contributed by atoms with Crippen LogP contribution in [0.3, 0.4) is 0 Å². The van der Waals surface area contributed by atoms with E-state index in [1.807, 2.05) is 47.9 Å². The standard InChI is InChI=1S/C44H32N2.C42H28.C36H22S.C12H10N.Ir.H2NP/c1-3-17-37(18-4-1)45(43-23-11-15-35-13-7-9-21-41(35)43)39-29-25-33(26-30-39)34-27-31-40(32-28-34)46(38-19-5-2-6-20-38)44-24-12-16-36-14-8-10-22-42(36)44;1-2-10-29(11-3-1)30-20-22-31(23-21-30)32-12-8-13-33(26-32)34-14-9-15-35(27-34)36-24-25-41-39-18-5-4-16-37(39)38-17-6-7-19-40(38)42(41)28-36;1-2-13-29-27(11-1)28-12-3-4-14-30(28)34-22-24(19-20-31(29)34)23-9-7-10-25(21-23)26-16-8-17-33-32-15-5-6-18-35(32)37-36(26)33;1-10-6-5-9-13-12(10)11-7-3-2-4-8-11;;1-2/h1-32H;1-28H;1-22H;2-7,9H,1H3;;1-2H/q;;;-1;;/i/hD. The molecule has 141 heavy (non-hydrogen) atoms. The van der Waals surface area contributed by atoms with Gasteiger partial charge in [0.15, 0.2) is 1.41 Å². The van der Waals surface area contributed by atoms with Gasteiger partial charge in [-0.15, -0.1) is 47.2 Å². The molecule has 2 heterocycles. The minimum atomic E-state index is 0. The number of hydrogen-bond donors (Lipinski definition) is 1. The summed E-state index contributed by atoms with van der Waals surface area (Å²) < 4.78 is 8.45. The minimum Gasteiger partial charge on any atom is -0.310 e. The second-order valence-corrected chi connectivity index (χ2v) is 36.1. The Kier molecular flexibility index (Phi) is 26.3. The number of aryl methyl sites for hydroxylation is 1. The van der Waals surface area contributed by atoms with Crippen molar-refractivity contribution >= 4 is 161 Å². The maximum absolute atomic E-state index is 5.75. The fourth-order valence-corrected chi connectivity index (χ4v) is 21.2. The monoisotopic (exact) mass is 2020 g/mol. The van der Waals surface area contributed by atoms with Crippen LogP contribution in [0.25, 0.3) is 195 Å². The van der Waals surface area contributed by atoms with E-state index in [1.165, 1.54) is 190 Å². The van der Waals surface area contributed by atoms with Crippen molar-refractivity contribution in [1.82, 2.24) is 4.98 Å². The number of para-hydroxylation sites is 2. The molecule has 0 aliphatic rings. The van der Waals surface area contributed by atoms with Gasteiger partial charge in [-0.05, 0) is 278 Å². The molecule has 24 aromatic carbocycles. The first-order valence-electron chi connectivity index (χ1n) is 47.8. The normalized spacial score (nSPS) is 11.1. The minimum absolute atomic E-state index is 0. The molecule has 0 aliphatic carbocycles. The molecule has 0 bridgehead atoms. The fraction of sp³-hybridized carbons (Fsp3) is 0.00746. The van der Waals surface area contributed by atoms with E-state index in [4.69, 9.17) is 1.41 Å². The van der Waals surface area contributed by atoms with E-state index in [-0.39, 0.29) is 20.1 Å². The van der Waals surface area contributed by atoms with Gasteiger partial charge in [-0.3, -0.25) is 5.15 Å². The molecule has 26 aromatic rings. The predicted octanol–water partition coefficient (Wildman–Crippen LogP) is 39.0. The summed E-state index contributed by atoms with van der Waals surface area (Å²) in [6.45, 7) is 2.06. The molecule has 0 saturated carbocycles. The molecule has 0 atom stereocenters. The van der Waals surface area contributed by atoms with Crippen LogP contribution in [0.4, 0.5) is 34.1 Å². The molecule has 2 aromatic heterocycles. The third-order valence-corrected chi connectivity index (χ3v) is 27.9. The molecule has 7 heteroatoms. The maximum Gasteiger partial charge on any atom is 0.192 e. The van der Waals surface area contributed by atoms with Gasteiger partial charge in [0.25, 0.3) is 0 Å². The van der Waals surface area contributed by atoms with Gasteiger partial charge < -0.3 is 14.8 Å². The number of hydrogen-bond acceptors (Lipinski definition) is 5. The molecule has 0 amide bonds. The number of pyridine rings is 1. The van der Waals surface area contributed by atoms with Gasteiger partial charge >= 0.3 is 0 Å². The number of fused-ring (bicyclic) bond motifs is 17. The van der Waals surface area contributed by atoms with Crippen molar-refractivity contribution in [2.75, 3.05) is 9.80 Å². The zero-order chi connectivity index (χ0) is 94.7.